The first-order valence-corrected chi connectivity index (χ1v) is 7.96. The fourth-order valence-corrected chi connectivity index (χ4v) is 2.77. The Morgan fingerprint density at radius 1 is 1.23 bits per heavy atom. The van der Waals surface area contributed by atoms with Gasteiger partial charge >= 0.3 is 0 Å². The maximum Gasteiger partial charge on any atom is 0.214 e. The molecule has 0 atom stereocenters. The molecule has 2 N–H and O–H groups in total. The Labute approximate surface area is 150 Å². The molecule has 2 rings (SSSR count). The molecule has 0 spiro atoms. The van der Waals surface area contributed by atoms with Crippen molar-refractivity contribution in [3.8, 4) is 0 Å². The Kier molecular flexibility index (Phi) is 8.20. The van der Waals surface area contributed by atoms with Crippen LogP contribution in [0.5, 0.6) is 0 Å². The molecule has 126 valence electrons. The van der Waals surface area contributed by atoms with Gasteiger partial charge in [-0.05, 0) is 38.5 Å². The predicted octanol–water partition coefficient (Wildman–Crippen LogP) is 3.40. The molecule has 0 aromatic carbocycles. The van der Waals surface area contributed by atoms with Crippen molar-refractivity contribution < 1.29 is 4.42 Å². The lowest BCUT2D eigenvalue weighted by Gasteiger charge is -2.26. The standard InChI is InChI=1S/C16H28N4O.HI/c1-11-5-7-14(8-6-11)9-18-16(17-4)19-10-15-20-12(2)13(3)21-15;/h11,14H,5-10H2,1-4H3,(H2,17,18,19);1H. The third-order valence-corrected chi connectivity index (χ3v) is 4.40. The molecule has 0 radical (unpaired) electrons. The Hall–Kier alpha value is -0.790. The zero-order valence-electron chi connectivity index (χ0n) is 14.1. The molecule has 1 aromatic heterocycles. The van der Waals surface area contributed by atoms with Crippen LogP contribution in [0.1, 0.15) is 50.0 Å². The Morgan fingerprint density at radius 2 is 1.91 bits per heavy atom. The van der Waals surface area contributed by atoms with Crippen LogP contribution >= 0.6 is 24.0 Å². The normalized spacial score (nSPS) is 22.1. The van der Waals surface area contributed by atoms with E-state index in [0.29, 0.717) is 12.4 Å². The number of aliphatic imine (C=N–C) groups is 1. The van der Waals surface area contributed by atoms with Gasteiger partial charge in [0.05, 0.1) is 12.2 Å². The minimum absolute atomic E-state index is 0. The molecular formula is C16H29IN4O. The summed E-state index contributed by atoms with van der Waals surface area (Å²) in [6.45, 7) is 7.80. The number of nitrogens with zero attached hydrogens (tertiary/aromatic N) is 2. The van der Waals surface area contributed by atoms with Crippen molar-refractivity contribution in [2.75, 3.05) is 13.6 Å². The van der Waals surface area contributed by atoms with Crippen LogP contribution in [-0.4, -0.2) is 24.5 Å². The second kappa shape index (κ2) is 9.37. The summed E-state index contributed by atoms with van der Waals surface area (Å²) in [5.41, 5.74) is 0.950. The summed E-state index contributed by atoms with van der Waals surface area (Å²) in [6.07, 6.45) is 5.35. The highest BCUT2D eigenvalue weighted by atomic mass is 127. The summed E-state index contributed by atoms with van der Waals surface area (Å²) in [7, 11) is 1.80. The van der Waals surface area contributed by atoms with Gasteiger partial charge in [-0.1, -0.05) is 19.8 Å². The lowest BCUT2D eigenvalue weighted by Crippen LogP contribution is -2.40. The largest absolute Gasteiger partial charge is 0.444 e. The molecule has 1 aliphatic carbocycles. The third-order valence-electron chi connectivity index (χ3n) is 4.40. The minimum Gasteiger partial charge on any atom is -0.444 e. The van der Waals surface area contributed by atoms with Gasteiger partial charge in [0.1, 0.15) is 5.76 Å². The minimum atomic E-state index is 0. The number of nitrogens with one attached hydrogen (secondary N) is 2. The van der Waals surface area contributed by atoms with Gasteiger partial charge in [-0.2, -0.15) is 0 Å². The van der Waals surface area contributed by atoms with Crippen molar-refractivity contribution in [1.82, 2.24) is 15.6 Å². The second-order valence-electron chi connectivity index (χ2n) is 6.18. The molecule has 0 unspecified atom stereocenters. The van der Waals surface area contributed by atoms with E-state index in [2.05, 4.69) is 27.5 Å². The molecule has 0 aliphatic heterocycles. The van der Waals surface area contributed by atoms with E-state index in [1.54, 1.807) is 7.05 Å². The fraction of sp³-hybridized carbons (Fsp3) is 0.750. The molecule has 0 saturated heterocycles. The van der Waals surface area contributed by atoms with Crippen molar-refractivity contribution in [3.05, 3.63) is 17.3 Å². The number of hydrogen-bond acceptors (Lipinski definition) is 3. The van der Waals surface area contributed by atoms with E-state index in [1.807, 2.05) is 13.8 Å². The fourth-order valence-electron chi connectivity index (χ4n) is 2.77. The summed E-state index contributed by atoms with van der Waals surface area (Å²) in [6, 6.07) is 0. The van der Waals surface area contributed by atoms with E-state index in [-0.39, 0.29) is 24.0 Å². The monoisotopic (exact) mass is 420 g/mol. The summed E-state index contributed by atoms with van der Waals surface area (Å²) < 4.78 is 5.56. The number of hydrogen-bond donors (Lipinski definition) is 2. The van der Waals surface area contributed by atoms with Gasteiger partial charge in [0.2, 0.25) is 5.89 Å². The molecule has 1 aliphatic rings. The molecule has 0 bridgehead atoms. The van der Waals surface area contributed by atoms with Crippen molar-refractivity contribution in [2.24, 2.45) is 16.8 Å². The first kappa shape index (κ1) is 19.3. The Balaban J connectivity index is 0.00000242. The first-order chi connectivity index (χ1) is 10.1. The van der Waals surface area contributed by atoms with Gasteiger partial charge in [0, 0.05) is 13.6 Å². The number of aryl methyl sites for hydroxylation is 2. The summed E-state index contributed by atoms with van der Waals surface area (Å²) in [5.74, 6) is 4.08. The van der Waals surface area contributed by atoms with Crippen LogP contribution in [-0.2, 0) is 6.54 Å². The van der Waals surface area contributed by atoms with E-state index >= 15 is 0 Å². The summed E-state index contributed by atoms with van der Waals surface area (Å²) in [5, 5.41) is 6.67. The van der Waals surface area contributed by atoms with Crippen LogP contribution < -0.4 is 10.6 Å². The molecule has 22 heavy (non-hydrogen) atoms. The van der Waals surface area contributed by atoms with Gasteiger partial charge in [0.15, 0.2) is 5.96 Å². The number of guanidine groups is 1. The quantitative estimate of drug-likeness (QED) is 0.445. The lowest BCUT2D eigenvalue weighted by atomic mass is 9.83. The molecular weight excluding hydrogens is 391 g/mol. The average molecular weight is 420 g/mol. The van der Waals surface area contributed by atoms with E-state index in [9.17, 15) is 0 Å². The molecule has 1 aromatic rings. The van der Waals surface area contributed by atoms with Crippen LogP contribution in [0.2, 0.25) is 0 Å². The highest BCUT2D eigenvalue weighted by molar-refractivity contribution is 14.0. The smallest absolute Gasteiger partial charge is 0.214 e. The van der Waals surface area contributed by atoms with Crippen LogP contribution in [0.4, 0.5) is 0 Å². The Morgan fingerprint density at radius 3 is 2.45 bits per heavy atom. The molecule has 1 fully saturated rings. The molecule has 0 amide bonds. The van der Waals surface area contributed by atoms with E-state index in [0.717, 1.165) is 35.8 Å². The number of rotatable bonds is 4. The van der Waals surface area contributed by atoms with Crippen LogP contribution in [0, 0.1) is 25.7 Å². The van der Waals surface area contributed by atoms with Gasteiger partial charge in [-0.25, -0.2) is 4.98 Å². The van der Waals surface area contributed by atoms with Gasteiger partial charge in [-0.3, -0.25) is 4.99 Å². The summed E-state index contributed by atoms with van der Waals surface area (Å²) >= 11 is 0. The van der Waals surface area contributed by atoms with Gasteiger partial charge in [0.25, 0.3) is 0 Å². The average Bonchev–Trinajstić information content (AvgIpc) is 2.80. The highest BCUT2D eigenvalue weighted by Gasteiger charge is 2.18. The maximum absolute atomic E-state index is 5.56. The van der Waals surface area contributed by atoms with E-state index in [1.165, 1.54) is 25.7 Å². The maximum atomic E-state index is 5.56. The molecule has 1 heterocycles. The van der Waals surface area contributed by atoms with Crippen molar-refractivity contribution in [3.63, 3.8) is 0 Å². The van der Waals surface area contributed by atoms with E-state index in [4.69, 9.17) is 4.42 Å². The highest BCUT2D eigenvalue weighted by Crippen LogP contribution is 2.27. The summed E-state index contributed by atoms with van der Waals surface area (Å²) in [4.78, 5) is 8.62. The third kappa shape index (κ3) is 5.78. The van der Waals surface area contributed by atoms with Crippen molar-refractivity contribution in [2.45, 2.75) is 53.0 Å². The number of oxazole rings is 1. The first-order valence-electron chi connectivity index (χ1n) is 7.96. The molecule has 6 heteroatoms. The zero-order chi connectivity index (χ0) is 15.2. The number of aromatic nitrogens is 1. The van der Waals surface area contributed by atoms with Gasteiger partial charge in [-0.15, -0.1) is 24.0 Å². The van der Waals surface area contributed by atoms with Crippen molar-refractivity contribution in [1.29, 1.82) is 0 Å². The van der Waals surface area contributed by atoms with E-state index < -0.39 is 0 Å². The van der Waals surface area contributed by atoms with Gasteiger partial charge < -0.3 is 15.1 Å². The molecule has 5 nitrogen and oxygen atoms in total. The zero-order valence-corrected chi connectivity index (χ0v) is 16.4. The predicted molar refractivity (Wildman–Crippen MR) is 101 cm³/mol. The van der Waals surface area contributed by atoms with Crippen molar-refractivity contribution >= 4 is 29.9 Å². The molecule has 1 saturated carbocycles. The Bertz CT molecular complexity index is 459. The lowest BCUT2D eigenvalue weighted by molar-refractivity contribution is 0.289. The number of halogens is 1. The SMILES string of the molecule is CN=C(NCc1nc(C)c(C)o1)NCC1CCC(C)CC1.I. The topological polar surface area (TPSA) is 62.5 Å². The van der Waals surface area contributed by atoms with Crippen LogP contribution in [0.15, 0.2) is 9.41 Å². The van der Waals surface area contributed by atoms with Crippen LogP contribution in [0.25, 0.3) is 0 Å². The second-order valence-corrected chi connectivity index (χ2v) is 6.18. The van der Waals surface area contributed by atoms with Crippen LogP contribution in [0.3, 0.4) is 0 Å².